The largest absolute Gasteiger partial charge is 1.00 e. The van der Waals surface area contributed by atoms with E-state index in [0.29, 0.717) is 10.7 Å². The SMILES string of the molecule is [NH-]c1ccc(Cl)cc1.[Na+]. The van der Waals surface area contributed by atoms with Crippen LogP contribution in [0.15, 0.2) is 24.3 Å². The number of benzene rings is 1. The Labute approximate surface area is 81.5 Å². The van der Waals surface area contributed by atoms with Crippen LogP contribution in [0.5, 0.6) is 0 Å². The van der Waals surface area contributed by atoms with Crippen LogP contribution in [0, 0.1) is 0 Å². The molecular weight excluding hydrogens is 145 g/mol. The monoisotopic (exact) mass is 149 g/mol. The van der Waals surface area contributed by atoms with Crippen molar-refractivity contribution in [1.29, 1.82) is 0 Å². The Morgan fingerprint density at radius 1 is 1.11 bits per heavy atom. The van der Waals surface area contributed by atoms with Crippen LogP contribution in [0.25, 0.3) is 5.73 Å². The minimum absolute atomic E-state index is 0. The van der Waals surface area contributed by atoms with Crippen molar-refractivity contribution < 1.29 is 29.6 Å². The van der Waals surface area contributed by atoms with Gasteiger partial charge in [-0.25, -0.2) is 0 Å². The summed E-state index contributed by atoms with van der Waals surface area (Å²) in [6.45, 7) is 0. The van der Waals surface area contributed by atoms with Gasteiger partial charge in [-0.15, -0.1) is 5.69 Å². The normalized spacial score (nSPS) is 8.11. The summed E-state index contributed by atoms with van der Waals surface area (Å²) in [6.07, 6.45) is 0. The predicted octanol–water partition coefficient (Wildman–Crippen LogP) is 0.0277. The van der Waals surface area contributed by atoms with Crippen LogP contribution >= 0.6 is 11.6 Å². The van der Waals surface area contributed by atoms with Gasteiger partial charge in [0.05, 0.1) is 0 Å². The van der Waals surface area contributed by atoms with Crippen LogP contribution in [-0.2, 0) is 0 Å². The molecule has 1 rings (SSSR count). The molecule has 1 N–H and O–H groups in total. The first kappa shape index (κ1) is 9.31. The Morgan fingerprint density at radius 3 is 1.89 bits per heavy atom. The van der Waals surface area contributed by atoms with E-state index in [0.717, 1.165) is 0 Å². The third kappa shape index (κ3) is 3.11. The maximum atomic E-state index is 7.03. The van der Waals surface area contributed by atoms with Crippen LogP contribution in [0.2, 0.25) is 5.02 Å². The minimum Gasteiger partial charge on any atom is -0.699 e. The van der Waals surface area contributed by atoms with Gasteiger partial charge >= 0.3 is 29.6 Å². The summed E-state index contributed by atoms with van der Waals surface area (Å²) < 4.78 is 0. The van der Waals surface area contributed by atoms with E-state index in [1.165, 1.54) is 0 Å². The Kier molecular flexibility index (Phi) is 4.32. The van der Waals surface area contributed by atoms with Crippen LogP contribution in [-0.4, -0.2) is 0 Å². The quantitative estimate of drug-likeness (QED) is 0.465. The molecule has 0 bridgehead atoms. The van der Waals surface area contributed by atoms with Gasteiger partial charge in [0.15, 0.2) is 0 Å². The Balaban J connectivity index is 0.000000640. The molecule has 0 saturated heterocycles. The Hall–Kier alpha value is 0.310. The molecule has 3 heteroatoms. The average Bonchev–Trinajstić information content (AvgIpc) is 1.77. The molecule has 0 fully saturated rings. The first-order valence-corrected chi connectivity index (χ1v) is 2.64. The van der Waals surface area contributed by atoms with E-state index in [2.05, 4.69) is 0 Å². The first-order chi connectivity index (χ1) is 3.79. The molecule has 1 aromatic carbocycles. The van der Waals surface area contributed by atoms with E-state index in [4.69, 9.17) is 17.3 Å². The first-order valence-electron chi connectivity index (χ1n) is 2.26. The molecule has 0 heterocycles. The van der Waals surface area contributed by atoms with E-state index in [9.17, 15) is 0 Å². The fraction of sp³-hybridized carbons (Fsp3) is 0. The molecular formula is C6H5ClNNa. The zero-order chi connectivity index (χ0) is 5.98. The molecule has 0 aliphatic rings. The molecule has 0 aliphatic carbocycles. The summed E-state index contributed by atoms with van der Waals surface area (Å²) in [5, 5.41) is 0.681. The predicted molar refractivity (Wildman–Crippen MR) is 35.4 cm³/mol. The topological polar surface area (TPSA) is 23.8 Å². The average molecular weight is 150 g/mol. The zero-order valence-corrected chi connectivity index (χ0v) is 7.94. The Bertz CT molecular complexity index is 152. The van der Waals surface area contributed by atoms with E-state index in [1.807, 2.05) is 0 Å². The molecule has 0 radical (unpaired) electrons. The molecule has 1 aromatic rings. The minimum atomic E-state index is 0. The van der Waals surface area contributed by atoms with Crippen molar-refractivity contribution in [3.8, 4) is 0 Å². The van der Waals surface area contributed by atoms with Gasteiger partial charge in [0.1, 0.15) is 0 Å². The van der Waals surface area contributed by atoms with Gasteiger partial charge in [0.2, 0.25) is 0 Å². The summed E-state index contributed by atoms with van der Waals surface area (Å²) in [4.78, 5) is 0. The van der Waals surface area contributed by atoms with E-state index >= 15 is 0 Å². The number of nitrogens with one attached hydrogen (secondary N) is 1. The van der Waals surface area contributed by atoms with Crippen molar-refractivity contribution in [2.24, 2.45) is 0 Å². The van der Waals surface area contributed by atoms with Crippen molar-refractivity contribution in [3.63, 3.8) is 0 Å². The van der Waals surface area contributed by atoms with Crippen LogP contribution in [0.4, 0.5) is 5.69 Å². The summed E-state index contributed by atoms with van der Waals surface area (Å²) in [6, 6.07) is 6.71. The van der Waals surface area contributed by atoms with E-state index in [-0.39, 0.29) is 29.6 Å². The number of halogens is 1. The van der Waals surface area contributed by atoms with Gasteiger partial charge in [0, 0.05) is 5.02 Å². The van der Waals surface area contributed by atoms with Crippen molar-refractivity contribution in [2.75, 3.05) is 0 Å². The summed E-state index contributed by atoms with van der Waals surface area (Å²) in [7, 11) is 0. The third-order valence-corrected chi connectivity index (χ3v) is 1.10. The summed E-state index contributed by atoms with van der Waals surface area (Å²) >= 11 is 5.53. The molecule has 0 aromatic heterocycles. The second kappa shape index (κ2) is 4.18. The maximum absolute atomic E-state index is 7.03. The van der Waals surface area contributed by atoms with Gasteiger partial charge in [-0.1, -0.05) is 23.7 Å². The fourth-order valence-corrected chi connectivity index (χ4v) is 0.576. The van der Waals surface area contributed by atoms with Gasteiger partial charge in [0.25, 0.3) is 0 Å². The number of hydrogen-bond acceptors (Lipinski definition) is 0. The molecule has 0 unspecified atom stereocenters. The number of hydrogen-bond donors (Lipinski definition) is 0. The van der Waals surface area contributed by atoms with E-state index < -0.39 is 0 Å². The maximum Gasteiger partial charge on any atom is 1.00 e. The van der Waals surface area contributed by atoms with Crippen molar-refractivity contribution >= 4 is 17.3 Å². The number of rotatable bonds is 0. The smallest absolute Gasteiger partial charge is 0.699 e. The molecule has 0 amide bonds. The zero-order valence-electron chi connectivity index (χ0n) is 5.19. The fourth-order valence-electron chi connectivity index (χ4n) is 0.450. The third-order valence-electron chi connectivity index (χ3n) is 0.844. The van der Waals surface area contributed by atoms with Gasteiger partial charge in [-0.3, -0.25) is 0 Å². The summed E-state index contributed by atoms with van der Waals surface area (Å²) in [5.74, 6) is 0. The standard InChI is InChI=1S/C6H5ClN.Na/c7-5-1-3-6(8)4-2-5;/h1-4,8H;/q-1;+1. The molecule has 9 heavy (non-hydrogen) atoms. The van der Waals surface area contributed by atoms with Crippen molar-refractivity contribution in [2.45, 2.75) is 0 Å². The van der Waals surface area contributed by atoms with Crippen molar-refractivity contribution in [1.82, 2.24) is 0 Å². The second-order valence-corrected chi connectivity index (χ2v) is 1.94. The molecule has 0 spiro atoms. The van der Waals surface area contributed by atoms with Crippen molar-refractivity contribution in [3.05, 3.63) is 35.0 Å². The molecule has 42 valence electrons. The van der Waals surface area contributed by atoms with Gasteiger partial charge < -0.3 is 5.73 Å². The molecule has 1 nitrogen and oxygen atoms in total. The van der Waals surface area contributed by atoms with Gasteiger partial charge in [-0.2, -0.15) is 0 Å². The Morgan fingerprint density at radius 2 is 1.56 bits per heavy atom. The van der Waals surface area contributed by atoms with Crippen LogP contribution in [0.1, 0.15) is 0 Å². The van der Waals surface area contributed by atoms with Crippen LogP contribution < -0.4 is 29.6 Å². The van der Waals surface area contributed by atoms with E-state index in [1.54, 1.807) is 24.3 Å². The molecule has 0 aliphatic heterocycles. The molecule has 0 atom stereocenters. The summed E-state index contributed by atoms with van der Waals surface area (Å²) in [5.41, 5.74) is 7.53. The van der Waals surface area contributed by atoms with Crippen LogP contribution in [0.3, 0.4) is 0 Å². The molecule has 0 saturated carbocycles. The van der Waals surface area contributed by atoms with Gasteiger partial charge in [-0.05, 0) is 12.1 Å². The second-order valence-electron chi connectivity index (χ2n) is 1.51.